The molecule has 0 heterocycles. The lowest BCUT2D eigenvalue weighted by molar-refractivity contribution is -0.122. The SMILES string of the molecule is CCCN(CCC)S(=O)(=O)CCC(=O)N[C@@H](Cc1ccc(F)c(C)c1)[C@@H](O)CNCCC(C)C. The highest BCUT2D eigenvalue weighted by atomic mass is 32.2. The van der Waals surface area contributed by atoms with Crippen LogP contribution >= 0.6 is 0 Å². The van der Waals surface area contributed by atoms with Gasteiger partial charge in [-0.2, -0.15) is 0 Å². The summed E-state index contributed by atoms with van der Waals surface area (Å²) in [6.45, 7) is 11.6. The molecular weight excluding hydrogens is 457 g/mol. The van der Waals surface area contributed by atoms with Gasteiger partial charge in [0.25, 0.3) is 0 Å². The summed E-state index contributed by atoms with van der Waals surface area (Å²) in [5.41, 5.74) is 1.28. The normalized spacial score (nSPS) is 13.9. The number of hydrogen-bond donors (Lipinski definition) is 3. The Morgan fingerprint density at radius 2 is 1.82 bits per heavy atom. The van der Waals surface area contributed by atoms with Crippen LogP contribution in [0.3, 0.4) is 0 Å². The van der Waals surface area contributed by atoms with Crippen LogP contribution in [-0.2, 0) is 21.2 Å². The van der Waals surface area contributed by atoms with Crippen LogP contribution in [0.25, 0.3) is 0 Å². The van der Waals surface area contributed by atoms with E-state index < -0.39 is 28.1 Å². The number of hydrogen-bond acceptors (Lipinski definition) is 5. The van der Waals surface area contributed by atoms with Crippen molar-refractivity contribution in [3.8, 4) is 0 Å². The van der Waals surface area contributed by atoms with Gasteiger partial charge in [-0.1, -0.05) is 39.8 Å². The molecule has 1 rings (SSSR count). The molecule has 1 amide bonds. The summed E-state index contributed by atoms with van der Waals surface area (Å²) < 4.78 is 40.5. The topological polar surface area (TPSA) is 98.7 Å². The molecule has 1 aromatic carbocycles. The van der Waals surface area contributed by atoms with E-state index in [0.29, 0.717) is 43.8 Å². The van der Waals surface area contributed by atoms with Crippen LogP contribution < -0.4 is 10.6 Å². The standard InChI is InChI=1S/C25H44FN3O4S/c1-6-13-29(14-7-2)34(32,33)15-11-25(31)28-23(24(30)18-27-12-10-19(3)4)17-21-8-9-22(26)20(5)16-21/h8-9,16,19,23-24,27,30H,6-7,10-15,17-18H2,1-5H3,(H,28,31)/t23-,24-/m0/s1. The largest absolute Gasteiger partial charge is 0.390 e. The zero-order chi connectivity index (χ0) is 25.7. The molecule has 0 aliphatic carbocycles. The molecular formula is C25H44FN3O4S. The first-order chi connectivity index (χ1) is 16.0. The zero-order valence-electron chi connectivity index (χ0n) is 21.4. The molecule has 0 aliphatic rings. The van der Waals surface area contributed by atoms with Crippen LogP contribution in [0.4, 0.5) is 4.39 Å². The van der Waals surface area contributed by atoms with Gasteiger partial charge < -0.3 is 15.7 Å². The minimum absolute atomic E-state index is 0.182. The Balaban J connectivity index is 2.83. The summed E-state index contributed by atoms with van der Waals surface area (Å²) >= 11 is 0. The molecule has 0 saturated carbocycles. The van der Waals surface area contributed by atoms with Gasteiger partial charge in [-0.25, -0.2) is 17.1 Å². The van der Waals surface area contributed by atoms with Crippen LogP contribution in [0.1, 0.15) is 64.5 Å². The fourth-order valence-electron chi connectivity index (χ4n) is 3.67. The van der Waals surface area contributed by atoms with Crippen molar-refractivity contribution in [1.29, 1.82) is 0 Å². The van der Waals surface area contributed by atoms with Crippen LogP contribution in [0.15, 0.2) is 18.2 Å². The first-order valence-corrected chi connectivity index (χ1v) is 14.0. The Labute approximate surface area is 205 Å². The molecule has 0 saturated heterocycles. The van der Waals surface area contributed by atoms with Gasteiger partial charge in [0.05, 0.1) is 17.9 Å². The molecule has 0 aliphatic heterocycles. The molecule has 1 aromatic rings. The fourth-order valence-corrected chi connectivity index (χ4v) is 5.30. The minimum Gasteiger partial charge on any atom is -0.390 e. The Hall–Kier alpha value is -1.55. The molecule has 2 atom stereocenters. The predicted molar refractivity (Wildman–Crippen MR) is 136 cm³/mol. The van der Waals surface area contributed by atoms with Crippen molar-refractivity contribution in [2.75, 3.05) is 31.9 Å². The van der Waals surface area contributed by atoms with Gasteiger partial charge in [0.2, 0.25) is 15.9 Å². The number of halogens is 1. The number of benzene rings is 1. The third kappa shape index (κ3) is 11.3. The minimum atomic E-state index is -3.54. The van der Waals surface area contributed by atoms with Gasteiger partial charge in [0.1, 0.15) is 5.82 Å². The van der Waals surface area contributed by atoms with Crippen molar-refractivity contribution >= 4 is 15.9 Å². The molecule has 0 bridgehead atoms. The number of rotatable bonds is 17. The first-order valence-electron chi connectivity index (χ1n) is 12.4. The summed E-state index contributed by atoms with van der Waals surface area (Å²) in [5.74, 6) is -0.482. The smallest absolute Gasteiger partial charge is 0.221 e. The van der Waals surface area contributed by atoms with Crippen molar-refractivity contribution in [3.63, 3.8) is 0 Å². The lowest BCUT2D eigenvalue weighted by Gasteiger charge is -2.26. The predicted octanol–water partition coefficient (Wildman–Crippen LogP) is 3.00. The number of aliphatic hydroxyl groups excluding tert-OH is 1. The van der Waals surface area contributed by atoms with E-state index in [9.17, 15) is 22.7 Å². The Kier molecular flexibility index (Phi) is 13.8. The number of nitrogens with one attached hydrogen (secondary N) is 2. The van der Waals surface area contributed by atoms with Crippen LogP contribution in [-0.4, -0.2) is 67.8 Å². The van der Waals surface area contributed by atoms with E-state index in [4.69, 9.17) is 0 Å². The third-order valence-electron chi connectivity index (χ3n) is 5.67. The summed E-state index contributed by atoms with van der Waals surface area (Å²) in [6.07, 6.45) is 1.63. The molecule has 9 heteroatoms. The van der Waals surface area contributed by atoms with E-state index >= 15 is 0 Å². The number of aliphatic hydroxyl groups is 1. The van der Waals surface area contributed by atoms with Gasteiger partial charge >= 0.3 is 0 Å². The third-order valence-corrected chi connectivity index (χ3v) is 7.54. The van der Waals surface area contributed by atoms with Crippen molar-refractivity contribution in [3.05, 3.63) is 35.1 Å². The summed E-state index contributed by atoms with van der Waals surface area (Å²) in [7, 11) is -3.54. The van der Waals surface area contributed by atoms with Crippen molar-refractivity contribution in [2.45, 2.75) is 78.9 Å². The zero-order valence-corrected chi connectivity index (χ0v) is 22.3. The van der Waals surface area contributed by atoms with E-state index in [1.165, 1.54) is 10.4 Å². The monoisotopic (exact) mass is 501 g/mol. The van der Waals surface area contributed by atoms with Crippen molar-refractivity contribution < 1.29 is 22.7 Å². The first kappa shape index (κ1) is 30.5. The molecule has 196 valence electrons. The average molecular weight is 502 g/mol. The van der Waals surface area contributed by atoms with Crippen LogP contribution in [0.5, 0.6) is 0 Å². The molecule has 0 radical (unpaired) electrons. The summed E-state index contributed by atoms with van der Waals surface area (Å²) in [5, 5.41) is 16.8. The maximum absolute atomic E-state index is 13.7. The van der Waals surface area contributed by atoms with Gasteiger partial charge in [0, 0.05) is 26.1 Å². The summed E-state index contributed by atoms with van der Waals surface area (Å²) in [4.78, 5) is 12.7. The highest BCUT2D eigenvalue weighted by Gasteiger charge is 2.25. The van der Waals surface area contributed by atoms with Crippen molar-refractivity contribution in [2.24, 2.45) is 5.92 Å². The lowest BCUT2D eigenvalue weighted by atomic mass is 9.99. The van der Waals surface area contributed by atoms with Gasteiger partial charge in [-0.05, 0) is 62.3 Å². The number of sulfonamides is 1. The Morgan fingerprint density at radius 1 is 1.18 bits per heavy atom. The number of aryl methyl sites for hydroxylation is 1. The summed E-state index contributed by atoms with van der Waals surface area (Å²) in [6, 6.07) is 4.08. The molecule has 34 heavy (non-hydrogen) atoms. The lowest BCUT2D eigenvalue weighted by Crippen LogP contribution is -2.49. The highest BCUT2D eigenvalue weighted by Crippen LogP contribution is 2.13. The maximum atomic E-state index is 13.7. The fraction of sp³-hybridized carbons (Fsp3) is 0.720. The van der Waals surface area contributed by atoms with Gasteiger partial charge in [-0.3, -0.25) is 4.79 Å². The molecule has 3 N–H and O–H groups in total. The molecule has 0 fully saturated rings. The average Bonchev–Trinajstić information content (AvgIpc) is 2.77. The van der Waals surface area contributed by atoms with E-state index in [1.54, 1.807) is 19.1 Å². The molecule has 0 aromatic heterocycles. The Morgan fingerprint density at radius 3 is 2.38 bits per heavy atom. The van der Waals surface area contributed by atoms with Gasteiger partial charge in [-0.15, -0.1) is 0 Å². The van der Waals surface area contributed by atoms with E-state index in [1.807, 2.05) is 13.8 Å². The number of carbonyl (C=O) groups excluding carboxylic acids is 1. The van der Waals surface area contributed by atoms with Crippen LogP contribution in [0, 0.1) is 18.7 Å². The quantitative estimate of drug-likeness (QED) is 0.285. The second-order valence-electron chi connectivity index (χ2n) is 9.38. The van der Waals surface area contributed by atoms with E-state index in [0.717, 1.165) is 18.5 Å². The molecule has 0 unspecified atom stereocenters. The number of amides is 1. The van der Waals surface area contributed by atoms with Gasteiger partial charge in [0.15, 0.2) is 0 Å². The number of carbonyl (C=O) groups is 1. The molecule has 7 nitrogen and oxygen atoms in total. The molecule has 0 spiro atoms. The van der Waals surface area contributed by atoms with Crippen LogP contribution in [0.2, 0.25) is 0 Å². The second kappa shape index (κ2) is 15.4. The second-order valence-corrected chi connectivity index (χ2v) is 11.5. The van der Waals surface area contributed by atoms with E-state index in [2.05, 4.69) is 24.5 Å². The highest BCUT2D eigenvalue weighted by molar-refractivity contribution is 7.89. The maximum Gasteiger partial charge on any atom is 0.221 e. The van der Waals surface area contributed by atoms with E-state index in [-0.39, 0.29) is 24.5 Å². The number of nitrogens with zero attached hydrogens (tertiary/aromatic N) is 1. The Bertz CT molecular complexity index is 843. The van der Waals surface area contributed by atoms with Crippen molar-refractivity contribution in [1.82, 2.24) is 14.9 Å².